The molecule has 0 saturated heterocycles. The molecule has 0 heterocycles. The van der Waals surface area contributed by atoms with Gasteiger partial charge in [-0.25, -0.2) is 5.43 Å². The van der Waals surface area contributed by atoms with Gasteiger partial charge in [0.05, 0.1) is 13.3 Å². The van der Waals surface area contributed by atoms with Gasteiger partial charge in [0.2, 0.25) is 0 Å². The second-order valence-corrected chi connectivity index (χ2v) is 5.35. The number of para-hydroxylation sites is 1. The Morgan fingerprint density at radius 3 is 2.44 bits per heavy atom. The van der Waals surface area contributed by atoms with Crippen molar-refractivity contribution < 1.29 is 19.4 Å². The molecule has 0 unspecified atom stereocenters. The number of nitrogens with zero attached hydrogens (tertiary/aromatic N) is 1. The Labute approximate surface area is 145 Å². The van der Waals surface area contributed by atoms with E-state index in [9.17, 15) is 14.7 Å². The molecule has 0 bridgehead atoms. The van der Waals surface area contributed by atoms with Crippen LogP contribution < -0.4 is 15.5 Å². The summed E-state index contributed by atoms with van der Waals surface area (Å²) in [5.74, 6) is -1.41. The fraction of sp³-hybridized carbons (Fsp3) is 0.167. The summed E-state index contributed by atoms with van der Waals surface area (Å²) in [4.78, 5) is 23.8. The highest BCUT2D eigenvalue weighted by molar-refractivity contribution is 6.39. The number of aromatic hydroxyl groups is 1. The number of phenols is 1. The number of phenolic OH excluding ortho intramolecular Hbond substituents is 1. The van der Waals surface area contributed by atoms with Gasteiger partial charge in [-0.2, -0.15) is 5.10 Å². The first kappa shape index (κ1) is 18.0. The molecule has 0 saturated carbocycles. The zero-order chi connectivity index (χ0) is 18.4. The molecule has 2 aromatic carbocycles. The van der Waals surface area contributed by atoms with E-state index in [1.807, 2.05) is 32.0 Å². The maximum Gasteiger partial charge on any atom is 0.329 e. The first-order valence-electron chi connectivity index (χ1n) is 7.50. The lowest BCUT2D eigenvalue weighted by molar-refractivity contribution is -0.136. The molecule has 0 aliphatic rings. The smallest absolute Gasteiger partial charge is 0.329 e. The molecule has 0 radical (unpaired) electrons. The van der Waals surface area contributed by atoms with Gasteiger partial charge in [-0.3, -0.25) is 9.59 Å². The standard InChI is InChI=1S/C18H19N3O4/c1-11-5-4-6-12(2)16(11)20-17(23)18(24)21-19-10-13-7-8-14(22)15(9-13)25-3/h4-10,22H,1-3H3,(H,20,23)(H,21,24)/b19-10-. The van der Waals surface area contributed by atoms with Crippen molar-refractivity contribution in [2.45, 2.75) is 13.8 Å². The van der Waals surface area contributed by atoms with Crippen molar-refractivity contribution in [2.75, 3.05) is 12.4 Å². The van der Waals surface area contributed by atoms with Gasteiger partial charge in [0.1, 0.15) is 0 Å². The summed E-state index contributed by atoms with van der Waals surface area (Å²) in [5, 5.41) is 15.8. The number of rotatable bonds is 4. The quantitative estimate of drug-likeness (QED) is 0.450. The Kier molecular flexibility index (Phi) is 5.73. The average molecular weight is 341 g/mol. The number of hydrazone groups is 1. The molecule has 2 amide bonds. The summed E-state index contributed by atoms with van der Waals surface area (Å²) in [7, 11) is 1.43. The summed E-state index contributed by atoms with van der Waals surface area (Å²) in [5.41, 5.74) is 5.08. The van der Waals surface area contributed by atoms with E-state index in [-0.39, 0.29) is 11.5 Å². The molecule has 2 rings (SSSR count). The third-order valence-corrected chi connectivity index (χ3v) is 3.51. The molecule has 0 spiro atoms. The van der Waals surface area contributed by atoms with Crippen molar-refractivity contribution in [1.82, 2.24) is 5.43 Å². The van der Waals surface area contributed by atoms with Crippen LogP contribution in [0.25, 0.3) is 0 Å². The number of methoxy groups -OCH3 is 1. The Bertz CT molecular complexity index is 811. The molecule has 2 aromatic rings. The van der Waals surface area contributed by atoms with Crippen LogP contribution in [0.2, 0.25) is 0 Å². The van der Waals surface area contributed by atoms with Crippen LogP contribution in [-0.2, 0) is 9.59 Å². The molecule has 7 nitrogen and oxygen atoms in total. The normalized spacial score (nSPS) is 10.5. The van der Waals surface area contributed by atoms with E-state index >= 15 is 0 Å². The highest BCUT2D eigenvalue weighted by Crippen LogP contribution is 2.25. The highest BCUT2D eigenvalue weighted by Gasteiger charge is 2.15. The van der Waals surface area contributed by atoms with E-state index in [0.717, 1.165) is 11.1 Å². The third-order valence-electron chi connectivity index (χ3n) is 3.51. The van der Waals surface area contributed by atoms with E-state index in [4.69, 9.17) is 4.74 Å². The second kappa shape index (κ2) is 7.96. The monoisotopic (exact) mass is 341 g/mol. The number of carbonyl (C=O) groups is 2. The van der Waals surface area contributed by atoms with E-state index in [1.165, 1.54) is 19.4 Å². The number of ether oxygens (including phenoxy) is 1. The van der Waals surface area contributed by atoms with E-state index < -0.39 is 11.8 Å². The number of nitrogens with one attached hydrogen (secondary N) is 2. The van der Waals surface area contributed by atoms with Gasteiger partial charge in [0, 0.05) is 5.69 Å². The predicted molar refractivity (Wildman–Crippen MR) is 94.9 cm³/mol. The Balaban J connectivity index is 1.99. The van der Waals surface area contributed by atoms with Crippen molar-refractivity contribution >= 4 is 23.7 Å². The zero-order valence-electron chi connectivity index (χ0n) is 14.2. The largest absolute Gasteiger partial charge is 0.504 e. The van der Waals surface area contributed by atoms with Crippen LogP contribution in [-0.4, -0.2) is 30.2 Å². The van der Waals surface area contributed by atoms with Gasteiger partial charge < -0.3 is 15.2 Å². The minimum Gasteiger partial charge on any atom is -0.504 e. The number of hydrogen-bond acceptors (Lipinski definition) is 5. The van der Waals surface area contributed by atoms with Crippen molar-refractivity contribution in [3.8, 4) is 11.5 Å². The minimum atomic E-state index is -0.885. The molecule has 0 aliphatic carbocycles. The maximum absolute atomic E-state index is 12.0. The number of benzene rings is 2. The summed E-state index contributed by atoms with van der Waals surface area (Å²) < 4.78 is 4.98. The molecule has 0 atom stereocenters. The fourth-order valence-electron chi connectivity index (χ4n) is 2.17. The molecular formula is C18H19N3O4. The zero-order valence-corrected chi connectivity index (χ0v) is 14.2. The highest BCUT2D eigenvalue weighted by atomic mass is 16.5. The first-order chi connectivity index (χ1) is 11.9. The lowest BCUT2D eigenvalue weighted by Crippen LogP contribution is -2.32. The Hall–Kier alpha value is -3.35. The van der Waals surface area contributed by atoms with Gasteiger partial charge in [0.25, 0.3) is 0 Å². The van der Waals surface area contributed by atoms with Gasteiger partial charge in [-0.15, -0.1) is 0 Å². The molecular weight excluding hydrogens is 322 g/mol. The number of hydrogen-bond donors (Lipinski definition) is 3. The Morgan fingerprint density at radius 1 is 1.12 bits per heavy atom. The van der Waals surface area contributed by atoms with Crippen LogP contribution >= 0.6 is 0 Å². The molecule has 0 fully saturated rings. The van der Waals surface area contributed by atoms with Crippen molar-refractivity contribution in [3.05, 3.63) is 53.1 Å². The average Bonchev–Trinajstić information content (AvgIpc) is 2.59. The van der Waals surface area contributed by atoms with Crippen LogP contribution in [0.4, 0.5) is 5.69 Å². The van der Waals surface area contributed by atoms with E-state index in [0.29, 0.717) is 11.3 Å². The third kappa shape index (κ3) is 4.57. The maximum atomic E-state index is 12.0. The van der Waals surface area contributed by atoms with Gasteiger partial charge in [-0.1, -0.05) is 18.2 Å². The molecule has 25 heavy (non-hydrogen) atoms. The lowest BCUT2D eigenvalue weighted by Gasteiger charge is -2.10. The molecule has 0 aliphatic heterocycles. The number of anilines is 1. The van der Waals surface area contributed by atoms with Crippen LogP contribution in [0.1, 0.15) is 16.7 Å². The van der Waals surface area contributed by atoms with Gasteiger partial charge in [-0.05, 0) is 48.7 Å². The second-order valence-electron chi connectivity index (χ2n) is 5.35. The molecule has 130 valence electrons. The van der Waals surface area contributed by atoms with Crippen LogP contribution in [0.15, 0.2) is 41.5 Å². The Morgan fingerprint density at radius 2 is 1.80 bits per heavy atom. The van der Waals surface area contributed by atoms with Gasteiger partial charge >= 0.3 is 11.8 Å². The fourth-order valence-corrected chi connectivity index (χ4v) is 2.17. The van der Waals surface area contributed by atoms with Crippen molar-refractivity contribution in [1.29, 1.82) is 0 Å². The lowest BCUT2D eigenvalue weighted by atomic mass is 10.1. The first-order valence-corrected chi connectivity index (χ1v) is 7.50. The predicted octanol–water partition coefficient (Wildman–Crippen LogP) is 2.11. The van der Waals surface area contributed by atoms with Crippen LogP contribution in [0.3, 0.4) is 0 Å². The summed E-state index contributed by atoms with van der Waals surface area (Å²) in [6.07, 6.45) is 1.34. The van der Waals surface area contributed by atoms with Gasteiger partial charge in [0.15, 0.2) is 11.5 Å². The van der Waals surface area contributed by atoms with E-state index in [1.54, 1.807) is 12.1 Å². The van der Waals surface area contributed by atoms with E-state index in [2.05, 4.69) is 15.8 Å². The molecule has 7 heteroatoms. The number of carbonyl (C=O) groups excluding carboxylic acids is 2. The molecule has 3 N–H and O–H groups in total. The number of aryl methyl sites for hydroxylation is 2. The summed E-state index contributed by atoms with van der Waals surface area (Å²) in [6, 6.07) is 10.1. The van der Waals surface area contributed by atoms with Crippen molar-refractivity contribution in [2.24, 2.45) is 5.10 Å². The van der Waals surface area contributed by atoms with Crippen LogP contribution in [0, 0.1) is 13.8 Å². The van der Waals surface area contributed by atoms with Crippen LogP contribution in [0.5, 0.6) is 11.5 Å². The number of amides is 2. The molecule has 0 aromatic heterocycles. The summed E-state index contributed by atoms with van der Waals surface area (Å²) >= 11 is 0. The van der Waals surface area contributed by atoms with Crippen molar-refractivity contribution in [3.63, 3.8) is 0 Å². The summed E-state index contributed by atoms with van der Waals surface area (Å²) in [6.45, 7) is 3.69. The topological polar surface area (TPSA) is 100 Å². The minimum absolute atomic E-state index is 0.00309. The SMILES string of the molecule is COc1cc(/C=N\NC(=O)C(=O)Nc2c(C)cccc2C)ccc1O.